The molecule has 1 heterocycles. The summed E-state index contributed by atoms with van der Waals surface area (Å²) in [6, 6.07) is 10.3. The van der Waals surface area contributed by atoms with Crippen molar-refractivity contribution in [3.63, 3.8) is 0 Å². The molecule has 2 aromatic rings. The van der Waals surface area contributed by atoms with Gasteiger partial charge in [-0.3, -0.25) is 4.79 Å². The molecule has 1 radical (unpaired) electrons. The van der Waals surface area contributed by atoms with E-state index in [9.17, 15) is 9.59 Å². The van der Waals surface area contributed by atoms with E-state index in [1.807, 2.05) is 36.6 Å². The number of carbonyl (C=O) groups excluding carboxylic acids is 2. The SMILES string of the molecule is CCc1csc(C(Cc2cc[c]cc2)NC(=O)CNC(=O)OC)n1. The smallest absolute Gasteiger partial charge is 0.407 e. The number of thiazole rings is 1. The molecule has 1 aromatic carbocycles. The monoisotopic (exact) mass is 346 g/mol. The van der Waals surface area contributed by atoms with E-state index in [1.54, 1.807) is 0 Å². The molecular formula is C17H20N3O3S. The van der Waals surface area contributed by atoms with Crippen molar-refractivity contribution in [3.8, 4) is 0 Å². The Morgan fingerprint density at radius 3 is 2.75 bits per heavy atom. The summed E-state index contributed by atoms with van der Waals surface area (Å²) in [4.78, 5) is 27.8. The van der Waals surface area contributed by atoms with E-state index in [0.29, 0.717) is 6.42 Å². The second-order valence-corrected chi connectivity index (χ2v) is 6.00. The Labute approximate surface area is 145 Å². The molecule has 1 aromatic heterocycles. The summed E-state index contributed by atoms with van der Waals surface area (Å²) in [5.41, 5.74) is 2.08. The number of hydrogen-bond acceptors (Lipinski definition) is 5. The highest BCUT2D eigenvalue weighted by Crippen LogP contribution is 2.22. The number of aromatic nitrogens is 1. The van der Waals surface area contributed by atoms with E-state index in [4.69, 9.17) is 0 Å². The molecule has 0 spiro atoms. The Morgan fingerprint density at radius 1 is 1.38 bits per heavy atom. The number of aryl methyl sites for hydroxylation is 1. The molecule has 6 nitrogen and oxygen atoms in total. The molecule has 0 aliphatic carbocycles. The Balaban J connectivity index is 2.07. The number of rotatable bonds is 7. The van der Waals surface area contributed by atoms with Crippen LogP contribution in [-0.4, -0.2) is 30.6 Å². The zero-order valence-electron chi connectivity index (χ0n) is 13.7. The van der Waals surface area contributed by atoms with E-state index in [2.05, 4.69) is 26.4 Å². The van der Waals surface area contributed by atoms with Crippen LogP contribution in [0.25, 0.3) is 0 Å². The molecule has 0 bridgehead atoms. The molecule has 24 heavy (non-hydrogen) atoms. The van der Waals surface area contributed by atoms with Gasteiger partial charge in [-0.2, -0.15) is 0 Å². The van der Waals surface area contributed by atoms with Crippen molar-refractivity contribution in [3.05, 3.63) is 52.0 Å². The Bertz CT molecular complexity index is 673. The summed E-state index contributed by atoms with van der Waals surface area (Å²) < 4.78 is 4.46. The highest BCUT2D eigenvalue weighted by Gasteiger charge is 2.19. The molecular weight excluding hydrogens is 326 g/mol. The molecule has 2 N–H and O–H groups in total. The molecule has 2 amide bonds. The van der Waals surface area contributed by atoms with E-state index in [1.165, 1.54) is 18.4 Å². The first-order chi connectivity index (χ1) is 11.6. The van der Waals surface area contributed by atoms with Crippen LogP contribution in [0.4, 0.5) is 4.79 Å². The fourth-order valence-electron chi connectivity index (χ4n) is 2.11. The lowest BCUT2D eigenvalue weighted by molar-refractivity contribution is -0.120. The number of amides is 2. The number of carbonyl (C=O) groups is 2. The zero-order chi connectivity index (χ0) is 17.4. The molecule has 0 saturated heterocycles. The first-order valence-corrected chi connectivity index (χ1v) is 8.50. The van der Waals surface area contributed by atoms with Gasteiger partial charge in [-0.15, -0.1) is 11.3 Å². The first kappa shape index (κ1) is 17.9. The second-order valence-electron chi connectivity index (χ2n) is 5.11. The molecule has 0 fully saturated rings. The highest BCUT2D eigenvalue weighted by molar-refractivity contribution is 7.09. The predicted octanol–water partition coefficient (Wildman–Crippen LogP) is 2.26. The summed E-state index contributed by atoms with van der Waals surface area (Å²) >= 11 is 1.53. The molecule has 0 saturated carbocycles. The van der Waals surface area contributed by atoms with Crippen LogP contribution < -0.4 is 10.6 Å². The van der Waals surface area contributed by atoms with E-state index in [-0.39, 0.29) is 18.5 Å². The maximum Gasteiger partial charge on any atom is 0.407 e. The van der Waals surface area contributed by atoms with Gasteiger partial charge in [-0.25, -0.2) is 9.78 Å². The molecule has 127 valence electrons. The summed E-state index contributed by atoms with van der Waals surface area (Å²) in [5.74, 6) is -0.291. The maximum absolute atomic E-state index is 12.1. The molecule has 1 unspecified atom stereocenters. The standard InChI is InChI=1S/C17H20N3O3S/c1-3-13-11-24-16(19-13)14(9-12-7-5-4-6-8-12)20-15(21)10-18-17(22)23-2/h5-8,11,14H,3,9-10H2,1-2H3,(H,18,22)(H,20,21). The lowest BCUT2D eigenvalue weighted by Crippen LogP contribution is -2.39. The summed E-state index contributed by atoms with van der Waals surface area (Å²) in [5, 5.41) is 8.15. The Kier molecular flexibility index (Phi) is 6.74. The van der Waals surface area contributed by atoms with Gasteiger partial charge in [0.2, 0.25) is 5.91 Å². The Hall–Kier alpha value is -2.41. The van der Waals surface area contributed by atoms with Crippen molar-refractivity contribution in [2.45, 2.75) is 25.8 Å². The molecule has 0 aliphatic heterocycles. The average Bonchev–Trinajstić information content (AvgIpc) is 3.09. The van der Waals surface area contributed by atoms with E-state index >= 15 is 0 Å². The van der Waals surface area contributed by atoms with Crippen LogP contribution in [0.1, 0.15) is 29.2 Å². The normalized spacial score (nSPS) is 11.6. The predicted molar refractivity (Wildman–Crippen MR) is 91.8 cm³/mol. The lowest BCUT2D eigenvalue weighted by Gasteiger charge is -2.17. The number of methoxy groups -OCH3 is 1. The zero-order valence-corrected chi connectivity index (χ0v) is 14.5. The van der Waals surface area contributed by atoms with Crippen LogP contribution in [0.15, 0.2) is 29.6 Å². The number of nitrogens with zero attached hydrogens (tertiary/aromatic N) is 1. The van der Waals surface area contributed by atoms with Crippen molar-refractivity contribution in [2.24, 2.45) is 0 Å². The van der Waals surface area contributed by atoms with Crippen molar-refractivity contribution >= 4 is 23.3 Å². The van der Waals surface area contributed by atoms with Crippen LogP contribution in [0.3, 0.4) is 0 Å². The van der Waals surface area contributed by atoms with Gasteiger partial charge in [-0.1, -0.05) is 31.2 Å². The first-order valence-electron chi connectivity index (χ1n) is 7.62. The largest absolute Gasteiger partial charge is 0.453 e. The number of ether oxygens (including phenoxy) is 1. The number of alkyl carbamates (subject to hydrolysis) is 1. The van der Waals surface area contributed by atoms with Gasteiger partial charge >= 0.3 is 6.09 Å². The van der Waals surface area contributed by atoms with Gasteiger partial charge in [-0.05, 0) is 24.5 Å². The van der Waals surface area contributed by atoms with Crippen molar-refractivity contribution in [2.75, 3.05) is 13.7 Å². The Morgan fingerprint density at radius 2 is 2.12 bits per heavy atom. The van der Waals surface area contributed by atoms with Crippen LogP contribution in [0.5, 0.6) is 0 Å². The average molecular weight is 346 g/mol. The minimum absolute atomic E-state index is 0.141. The van der Waals surface area contributed by atoms with E-state index in [0.717, 1.165) is 22.7 Å². The minimum Gasteiger partial charge on any atom is -0.453 e. The maximum atomic E-state index is 12.1. The fourth-order valence-corrected chi connectivity index (χ4v) is 3.06. The van der Waals surface area contributed by atoms with Gasteiger partial charge in [0.1, 0.15) is 11.6 Å². The summed E-state index contributed by atoms with van der Waals surface area (Å²) in [6.07, 6.45) is 0.833. The van der Waals surface area contributed by atoms with Gasteiger partial charge in [0.25, 0.3) is 0 Å². The number of hydrogen-bond donors (Lipinski definition) is 2. The quantitative estimate of drug-likeness (QED) is 0.806. The van der Waals surface area contributed by atoms with Crippen LogP contribution in [0, 0.1) is 6.07 Å². The van der Waals surface area contributed by atoms with E-state index < -0.39 is 6.09 Å². The lowest BCUT2D eigenvalue weighted by atomic mass is 10.1. The topological polar surface area (TPSA) is 80.3 Å². The van der Waals surface area contributed by atoms with Gasteiger partial charge in [0.15, 0.2) is 0 Å². The second kappa shape index (κ2) is 9.02. The highest BCUT2D eigenvalue weighted by atomic mass is 32.1. The van der Waals surface area contributed by atoms with Gasteiger partial charge < -0.3 is 15.4 Å². The number of benzene rings is 1. The number of nitrogens with one attached hydrogen (secondary N) is 2. The minimum atomic E-state index is -0.636. The molecule has 0 aliphatic rings. The summed E-state index contributed by atoms with van der Waals surface area (Å²) in [7, 11) is 1.25. The van der Waals surface area contributed by atoms with Crippen molar-refractivity contribution in [1.82, 2.24) is 15.6 Å². The summed E-state index contributed by atoms with van der Waals surface area (Å²) in [6.45, 7) is 1.90. The third-order valence-electron chi connectivity index (χ3n) is 3.37. The van der Waals surface area contributed by atoms with Crippen molar-refractivity contribution in [1.29, 1.82) is 0 Å². The van der Waals surface area contributed by atoms with Gasteiger partial charge in [0.05, 0.1) is 18.8 Å². The van der Waals surface area contributed by atoms with Gasteiger partial charge in [0, 0.05) is 5.38 Å². The molecule has 2 rings (SSSR count). The fraction of sp³-hybridized carbons (Fsp3) is 0.353. The van der Waals surface area contributed by atoms with Crippen molar-refractivity contribution < 1.29 is 14.3 Å². The third kappa shape index (κ3) is 5.34. The third-order valence-corrected chi connectivity index (χ3v) is 4.38. The van der Waals surface area contributed by atoms with Crippen LogP contribution in [-0.2, 0) is 22.4 Å². The molecule has 1 atom stereocenters. The molecule has 7 heteroatoms. The van der Waals surface area contributed by atoms with Crippen LogP contribution in [0.2, 0.25) is 0 Å². The van der Waals surface area contributed by atoms with Crippen LogP contribution >= 0.6 is 11.3 Å².